The van der Waals surface area contributed by atoms with Crippen molar-refractivity contribution in [1.29, 1.82) is 0 Å². The van der Waals surface area contributed by atoms with Gasteiger partial charge in [0.2, 0.25) is 5.91 Å². The van der Waals surface area contributed by atoms with Gasteiger partial charge in [0.25, 0.3) is 0 Å². The van der Waals surface area contributed by atoms with Gasteiger partial charge < -0.3 is 10.1 Å². The summed E-state index contributed by atoms with van der Waals surface area (Å²) in [6, 6.07) is 13.5. The molecule has 1 saturated carbocycles. The van der Waals surface area contributed by atoms with Crippen LogP contribution in [0.2, 0.25) is 5.02 Å². The third-order valence-corrected chi connectivity index (χ3v) is 5.03. The number of nitrogens with one attached hydrogen (secondary N) is 1. The van der Waals surface area contributed by atoms with E-state index in [1.165, 1.54) is 0 Å². The number of hydrogen-bond acceptors (Lipinski definition) is 2. The van der Waals surface area contributed by atoms with Gasteiger partial charge in [-0.05, 0) is 50.5 Å². The number of carbonyl (C=O) groups is 1. The van der Waals surface area contributed by atoms with Gasteiger partial charge in [0.05, 0.1) is 18.6 Å². The number of carbonyl (C=O) groups excluding carboxylic acids is 1. The smallest absolute Gasteiger partial charge is 0.231 e. The third-order valence-electron chi connectivity index (χ3n) is 4.78. The van der Waals surface area contributed by atoms with E-state index in [1.807, 2.05) is 50.2 Å². The molecule has 1 aliphatic carbocycles. The van der Waals surface area contributed by atoms with E-state index in [9.17, 15) is 4.79 Å². The summed E-state index contributed by atoms with van der Waals surface area (Å²) < 4.78 is 5.44. The normalized spacial score (nSPS) is 16.3. The highest BCUT2D eigenvalue weighted by Crippen LogP contribution is 2.49. The topological polar surface area (TPSA) is 38.3 Å². The van der Waals surface area contributed by atoms with Gasteiger partial charge >= 0.3 is 0 Å². The molecule has 0 radical (unpaired) electrons. The summed E-state index contributed by atoms with van der Waals surface area (Å²) in [5, 5.41) is 3.85. The molecule has 1 unspecified atom stereocenters. The number of ether oxygens (including phenoxy) is 1. The molecular weight excluding hydrogens is 322 g/mol. The molecule has 1 fully saturated rings. The minimum Gasteiger partial charge on any atom is -0.496 e. The Morgan fingerprint density at radius 3 is 2.46 bits per heavy atom. The highest BCUT2D eigenvalue weighted by Gasteiger charge is 2.51. The molecule has 1 amide bonds. The molecular formula is C20H22ClNO2. The molecule has 3 rings (SSSR count). The Labute approximate surface area is 148 Å². The van der Waals surface area contributed by atoms with Crippen molar-refractivity contribution in [2.45, 2.75) is 38.1 Å². The Balaban J connectivity index is 1.80. The molecule has 3 nitrogen and oxygen atoms in total. The van der Waals surface area contributed by atoms with Gasteiger partial charge in [0.15, 0.2) is 0 Å². The van der Waals surface area contributed by atoms with E-state index in [4.69, 9.17) is 16.3 Å². The fraction of sp³-hybridized carbons (Fsp3) is 0.350. The van der Waals surface area contributed by atoms with E-state index >= 15 is 0 Å². The minimum absolute atomic E-state index is 0.0703. The quantitative estimate of drug-likeness (QED) is 0.863. The van der Waals surface area contributed by atoms with Crippen molar-refractivity contribution in [2.75, 3.05) is 7.11 Å². The molecule has 0 aromatic heterocycles. The summed E-state index contributed by atoms with van der Waals surface area (Å²) in [5.74, 6) is 0.866. The van der Waals surface area contributed by atoms with Crippen molar-refractivity contribution in [3.63, 3.8) is 0 Å². The average Bonchev–Trinajstić information content (AvgIpc) is 3.37. The Bertz CT molecular complexity index is 751. The predicted molar refractivity (Wildman–Crippen MR) is 96.7 cm³/mol. The molecule has 0 aliphatic heterocycles. The number of rotatable bonds is 5. The second-order valence-corrected chi connectivity index (χ2v) is 6.97. The van der Waals surface area contributed by atoms with Crippen molar-refractivity contribution in [1.82, 2.24) is 5.32 Å². The van der Waals surface area contributed by atoms with Crippen LogP contribution < -0.4 is 10.1 Å². The monoisotopic (exact) mass is 343 g/mol. The zero-order valence-electron chi connectivity index (χ0n) is 14.2. The lowest BCUT2D eigenvalue weighted by atomic mass is 9.94. The third kappa shape index (κ3) is 3.13. The van der Waals surface area contributed by atoms with E-state index < -0.39 is 5.41 Å². The summed E-state index contributed by atoms with van der Waals surface area (Å²) >= 11 is 5.96. The molecule has 0 bridgehead atoms. The van der Waals surface area contributed by atoms with Crippen molar-refractivity contribution in [2.24, 2.45) is 0 Å². The maximum absolute atomic E-state index is 12.9. The van der Waals surface area contributed by atoms with Gasteiger partial charge in [-0.1, -0.05) is 41.4 Å². The van der Waals surface area contributed by atoms with Crippen molar-refractivity contribution in [3.8, 4) is 5.75 Å². The van der Waals surface area contributed by atoms with Gasteiger partial charge in [-0.2, -0.15) is 0 Å². The first kappa shape index (κ1) is 16.8. The summed E-state index contributed by atoms with van der Waals surface area (Å²) in [4.78, 5) is 12.9. The molecule has 0 spiro atoms. The molecule has 1 aliphatic rings. The highest BCUT2D eigenvalue weighted by molar-refractivity contribution is 6.30. The van der Waals surface area contributed by atoms with E-state index in [-0.39, 0.29) is 11.9 Å². The number of methoxy groups -OCH3 is 1. The van der Waals surface area contributed by atoms with E-state index in [0.29, 0.717) is 5.02 Å². The zero-order chi connectivity index (χ0) is 17.3. The van der Waals surface area contributed by atoms with Gasteiger partial charge in [0.1, 0.15) is 5.75 Å². The molecule has 0 saturated heterocycles. The maximum Gasteiger partial charge on any atom is 0.231 e. The van der Waals surface area contributed by atoms with Crippen LogP contribution in [0.25, 0.3) is 0 Å². The highest BCUT2D eigenvalue weighted by atomic mass is 35.5. The first-order valence-electron chi connectivity index (χ1n) is 8.18. The van der Waals surface area contributed by atoms with Crippen LogP contribution in [0, 0.1) is 6.92 Å². The Morgan fingerprint density at radius 1 is 1.21 bits per heavy atom. The van der Waals surface area contributed by atoms with Crippen molar-refractivity contribution < 1.29 is 9.53 Å². The molecule has 1 N–H and O–H groups in total. The summed E-state index contributed by atoms with van der Waals surface area (Å²) in [5.41, 5.74) is 2.77. The summed E-state index contributed by atoms with van der Waals surface area (Å²) in [6.45, 7) is 4.03. The minimum atomic E-state index is -0.407. The first-order valence-corrected chi connectivity index (χ1v) is 8.55. The number of hydrogen-bond donors (Lipinski definition) is 1. The molecule has 0 heterocycles. The second kappa shape index (κ2) is 6.48. The second-order valence-electron chi connectivity index (χ2n) is 6.53. The van der Waals surface area contributed by atoms with Crippen LogP contribution in [0.4, 0.5) is 0 Å². The lowest BCUT2D eigenvalue weighted by Gasteiger charge is -2.22. The fourth-order valence-electron chi connectivity index (χ4n) is 3.15. The Kier molecular flexibility index (Phi) is 4.55. The van der Waals surface area contributed by atoms with Crippen molar-refractivity contribution >= 4 is 17.5 Å². The first-order chi connectivity index (χ1) is 11.5. The van der Waals surface area contributed by atoms with Gasteiger partial charge in [0, 0.05) is 10.6 Å². The Hall–Kier alpha value is -2.00. The van der Waals surface area contributed by atoms with Gasteiger partial charge in [-0.3, -0.25) is 4.79 Å². The number of benzene rings is 2. The van der Waals surface area contributed by atoms with Crippen LogP contribution in [0.1, 0.15) is 42.5 Å². The molecule has 126 valence electrons. The van der Waals surface area contributed by atoms with Crippen LogP contribution in [0.3, 0.4) is 0 Å². The fourth-order valence-corrected chi connectivity index (χ4v) is 3.27. The number of halogens is 1. The average molecular weight is 344 g/mol. The standard InChI is InChI=1S/C20H22ClNO2/c1-13-4-9-18(24-3)17(12-13)14(2)22-19(23)20(10-11-20)15-5-7-16(21)8-6-15/h4-9,12,14H,10-11H2,1-3H3,(H,22,23). The van der Waals surface area contributed by atoms with Crippen LogP contribution in [-0.4, -0.2) is 13.0 Å². The molecule has 2 aromatic carbocycles. The van der Waals surface area contributed by atoms with Crippen LogP contribution in [0.15, 0.2) is 42.5 Å². The van der Waals surface area contributed by atoms with E-state index in [1.54, 1.807) is 7.11 Å². The number of aryl methyl sites for hydroxylation is 1. The van der Waals surface area contributed by atoms with E-state index in [0.717, 1.165) is 35.3 Å². The van der Waals surface area contributed by atoms with Gasteiger partial charge in [-0.25, -0.2) is 0 Å². The molecule has 24 heavy (non-hydrogen) atoms. The Morgan fingerprint density at radius 2 is 1.88 bits per heavy atom. The summed E-state index contributed by atoms with van der Waals surface area (Å²) in [6.07, 6.45) is 1.75. The van der Waals surface area contributed by atoms with E-state index in [2.05, 4.69) is 11.4 Å². The van der Waals surface area contributed by atoms with Gasteiger partial charge in [-0.15, -0.1) is 0 Å². The molecule has 4 heteroatoms. The maximum atomic E-state index is 12.9. The molecule has 1 atom stereocenters. The SMILES string of the molecule is COc1ccc(C)cc1C(C)NC(=O)C1(c2ccc(Cl)cc2)CC1. The van der Waals surface area contributed by atoms with Crippen molar-refractivity contribution in [3.05, 3.63) is 64.2 Å². The van der Waals surface area contributed by atoms with Crippen LogP contribution in [-0.2, 0) is 10.2 Å². The largest absolute Gasteiger partial charge is 0.496 e. The summed E-state index contributed by atoms with van der Waals surface area (Å²) in [7, 11) is 1.65. The van der Waals surface area contributed by atoms with Crippen LogP contribution in [0.5, 0.6) is 5.75 Å². The lowest BCUT2D eigenvalue weighted by molar-refractivity contribution is -0.124. The lowest BCUT2D eigenvalue weighted by Crippen LogP contribution is -2.36. The zero-order valence-corrected chi connectivity index (χ0v) is 15.0. The molecule has 2 aromatic rings. The van der Waals surface area contributed by atoms with Crippen LogP contribution >= 0.6 is 11.6 Å². The predicted octanol–water partition coefficient (Wildman–Crippen LogP) is 4.57. The number of amides is 1.